The van der Waals surface area contributed by atoms with Gasteiger partial charge in [0, 0.05) is 41.3 Å². The molecule has 5 aromatic rings. The van der Waals surface area contributed by atoms with Crippen LogP contribution in [0.3, 0.4) is 0 Å². The Morgan fingerprint density at radius 2 is 1.66 bits per heavy atom. The molecule has 0 N–H and O–H groups in total. The van der Waals surface area contributed by atoms with Crippen LogP contribution in [0.25, 0.3) is 22.2 Å². The van der Waals surface area contributed by atoms with E-state index >= 15 is 0 Å². The smallest absolute Gasteiger partial charge is 0.110 e. The first-order valence-electron chi connectivity index (χ1n) is 10.4. The van der Waals surface area contributed by atoms with E-state index in [-0.39, 0.29) is 0 Å². The summed E-state index contributed by atoms with van der Waals surface area (Å²) < 4.78 is 2.24. The molecule has 3 aromatic heterocycles. The average molecular weight is 459 g/mol. The Morgan fingerprint density at radius 1 is 0.781 bits per heavy atom. The van der Waals surface area contributed by atoms with Crippen LogP contribution in [0.2, 0.25) is 10.0 Å². The van der Waals surface area contributed by atoms with E-state index in [4.69, 9.17) is 28.2 Å². The van der Waals surface area contributed by atoms with Crippen molar-refractivity contribution < 1.29 is 0 Å². The summed E-state index contributed by atoms with van der Waals surface area (Å²) in [6, 6.07) is 20.0. The number of aromatic nitrogens is 4. The molecule has 0 unspecified atom stereocenters. The van der Waals surface area contributed by atoms with Gasteiger partial charge in [-0.15, -0.1) is 0 Å². The number of aryl methyl sites for hydroxylation is 2. The fourth-order valence-electron chi connectivity index (χ4n) is 3.90. The third-order valence-corrected chi connectivity index (χ3v) is 6.14. The number of fused-ring (bicyclic) bond motifs is 1. The van der Waals surface area contributed by atoms with E-state index in [0.717, 1.165) is 46.4 Å². The van der Waals surface area contributed by atoms with Crippen molar-refractivity contribution >= 4 is 34.2 Å². The van der Waals surface area contributed by atoms with Gasteiger partial charge in [0.1, 0.15) is 5.82 Å². The SMILES string of the molecule is Clc1ccc(Cl)c(Cn2c(CCc3cccnc3)nc3ccc(-c4ccncc4)cc32)c1. The summed E-state index contributed by atoms with van der Waals surface area (Å²) in [4.78, 5) is 13.3. The first-order valence-corrected chi connectivity index (χ1v) is 11.2. The molecule has 2 aromatic carbocycles. The van der Waals surface area contributed by atoms with Gasteiger partial charge in [0.05, 0.1) is 17.6 Å². The second-order valence-electron chi connectivity index (χ2n) is 7.65. The topological polar surface area (TPSA) is 43.6 Å². The van der Waals surface area contributed by atoms with Crippen molar-refractivity contribution in [2.45, 2.75) is 19.4 Å². The van der Waals surface area contributed by atoms with Gasteiger partial charge in [-0.3, -0.25) is 9.97 Å². The van der Waals surface area contributed by atoms with Gasteiger partial charge in [-0.2, -0.15) is 0 Å². The highest BCUT2D eigenvalue weighted by atomic mass is 35.5. The Labute approximate surface area is 196 Å². The second kappa shape index (κ2) is 9.11. The van der Waals surface area contributed by atoms with Crippen molar-refractivity contribution in [3.05, 3.63) is 112 Å². The molecule has 0 saturated carbocycles. The number of benzene rings is 2. The lowest BCUT2D eigenvalue weighted by Crippen LogP contribution is -2.07. The zero-order valence-electron chi connectivity index (χ0n) is 17.2. The van der Waals surface area contributed by atoms with Crippen LogP contribution < -0.4 is 0 Å². The number of hydrogen-bond acceptors (Lipinski definition) is 3. The summed E-state index contributed by atoms with van der Waals surface area (Å²) in [5, 5.41) is 1.36. The highest BCUT2D eigenvalue weighted by molar-refractivity contribution is 6.33. The molecule has 0 saturated heterocycles. The van der Waals surface area contributed by atoms with Gasteiger partial charge in [-0.25, -0.2) is 4.98 Å². The molecular formula is C26H20Cl2N4. The Balaban J connectivity index is 1.59. The quantitative estimate of drug-likeness (QED) is 0.286. The Kier molecular flexibility index (Phi) is 5.89. The van der Waals surface area contributed by atoms with Crippen LogP contribution in [0.15, 0.2) is 85.5 Å². The van der Waals surface area contributed by atoms with Gasteiger partial charge >= 0.3 is 0 Å². The highest BCUT2D eigenvalue weighted by Gasteiger charge is 2.14. The normalized spacial score (nSPS) is 11.2. The summed E-state index contributed by atoms with van der Waals surface area (Å²) in [6.45, 7) is 0.595. The molecule has 5 rings (SSSR count). The van der Waals surface area contributed by atoms with Crippen molar-refractivity contribution in [2.24, 2.45) is 0 Å². The molecule has 3 heterocycles. The predicted octanol–water partition coefficient (Wildman–Crippen LogP) is 6.63. The molecule has 0 amide bonds. The van der Waals surface area contributed by atoms with Gasteiger partial charge in [0.2, 0.25) is 0 Å². The van der Waals surface area contributed by atoms with E-state index in [2.05, 4.69) is 38.8 Å². The highest BCUT2D eigenvalue weighted by Crippen LogP contribution is 2.28. The van der Waals surface area contributed by atoms with Gasteiger partial charge in [-0.05, 0) is 77.2 Å². The standard InChI is InChI=1S/C26H20Cl2N4/c27-22-5-6-23(28)21(14-22)17-32-25-15-20(19-9-12-29-13-10-19)4-7-24(25)31-26(32)8-3-18-2-1-11-30-16-18/h1-2,4-7,9-16H,3,8,17H2. The third-order valence-electron chi connectivity index (χ3n) is 5.54. The van der Waals surface area contributed by atoms with Gasteiger partial charge in [0.15, 0.2) is 0 Å². The second-order valence-corrected chi connectivity index (χ2v) is 8.49. The lowest BCUT2D eigenvalue weighted by molar-refractivity contribution is 0.729. The molecule has 4 nitrogen and oxygen atoms in total. The molecule has 32 heavy (non-hydrogen) atoms. The number of nitrogens with zero attached hydrogens (tertiary/aromatic N) is 4. The Hall–Kier alpha value is -3.21. The van der Waals surface area contributed by atoms with Crippen molar-refractivity contribution in [1.29, 1.82) is 0 Å². The monoisotopic (exact) mass is 458 g/mol. The van der Waals surface area contributed by atoms with E-state index in [0.29, 0.717) is 16.6 Å². The van der Waals surface area contributed by atoms with E-state index < -0.39 is 0 Å². The minimum absolute atomic E-state index is 0.595. The maximum atomic E-state index is 6.51. The third kappa shape index (κ3) is 4.38. The average Bonchev–Trinajstić information content (AvgIpc) is 3.18. The molecule has 0 aliphatic heterocycles. The molecule has 0 spiro atoms. The number of rotatable bonds is 6. The maximum absolute atomic E-state index is 6.51. The first-order chi connectivity index (χ1) is 15.7. The number of pyridine rings is 2. The molecule has 158 valence electrons. The largest absolute Gasteiger partial charge is 0.323 e. The van der Waals surface area contributed by atoms with Gasteiger partial charge < -0.3 is 4.57 Å². The molecular weight excluding hydrogens is 439 g/mol. The Bertz CT molecular complexity index is 1370. The lowest BCUT2D eigenvalue weighted by Gasteiger charge is -2.12. The van der Waals surface area contributed by atoms with Gasteiger partial charge in [-0.1, -0.05) is 35.3 Å². The van der Waals surface area contributed by atoms with Crippen LogP contribution in [0.1, 0.15) is 17.0 Å². The first kappa shape index (κ1) is 20.7. The van der Waals surface area contributed by atoms with E-state index in [1.54, 1.807) is 6.20 Å². The summed E-state index contributed by atoms with van der Waals surface area (Å²) in [5.41, 5.74) is 6.42. The molecule has 0 atom stereocenters. The van der Waals surface area contributed by atoms with Crippen LogP contribution in [0.4, 0.5) is 0 Å². The molecule has 0 bridgehead atoms. The lowest BCUT2D eigenvalue weighted by atomic mass is 10.1. The number of hydrogen-bond donors (Lipinski definition) is 0. The summed E-state index contributed by atoms with van der Waals surface area (Å²) in [7, 11) is 0. The van der Waals surface area contributed by atoms with E-state index in [1.807, 2.05) is 55.0 Å². The molecule has 6 heteroatoms. The molecule has 0 radical (unpaired) electrons. The van der Waals surface area contributed by atoms with Crippen LogP contribution in [0.5, 0.6) is 0 Å². The summed E-state index contributed by atoms with van der Waals surface area (Å²) in [6.07, 6.45) is 8.97. The van der Waals surface area contributed by atoms with Crippen LogP contribution >= 0.6 is 23.2 Å². The fourth-order valence-corrected chi connectivity index (χ4v) is 4.27. The molecule has 0 fully saturated rings. The summed E-state index contributed by atoms with van der Waals surface area (Å²) in [5.74, 6) is 1.01. The summed E-state index contributed by atoms with van der Waals surface area (Å²) >= 11 is 12.8. The minimum Gasteiger partial charge on any atom is -0.323 e. The van der Waals surface area contributed by atoms with E-state index in [1.165, 1.54) is 5.56 Å². The van der Waals surface area contributed by atoms with Crippen molar-refractivity contribution in [1.82, 2.24) is 19.5 Å². The fraction of sp³-hybridized carbons (Fsp3) is 0.115. The van der Waals surface area contributed by atoms with Crippen molar-refractivity contribution in [2.75, 3.05) is 0 Å². The maximum Gasteiger partial charge on any atom is 0.110 e. The predicted molar refractivity (Wildman–Crippen MR) is 130 cm³/mol. The van der Waals surface area contributed by atoms with Crippen molar-refractivity contribution in [3.8, 4) is 11.1 Å². The number of imidazole rings is 1. The minimum atomic E-state index is 0.595. The zero-order valence-corrected chi connectivity index (χ0v) is 18.8. The van der Waals surface area contributed by atoms with Crippen LogP contribution in [-0.2, 0) is 19.4 Å². The van der Waals surface area contributed by atoms with E-state index in [9.17, 15) is 0 Å². The van der Waals surface area contributed by atoms with Crippen molar-refractivity contribution in [3.63, 3.8) is 0 Å². The Morgan fingerprint density at radius 3 is 2.47 bits per heavy atom. The van der Waals surface area contributed by atoms with Crippen LogP contribution in [-0.4, -0.2) is 19.5 Å². The zero-order chi connectivity index (χ0) is 21.9. The number of halogens is 2. The molecule has 0 aliphatic rings. The molecule has 0 aliphatic carbocycles. The van der Waals surface area contributed by atoms with Gasteiger partial charge in [0.25, 0.3) is 0 Å². The van der Waals surface area contributed by atoms with Crippen LogP contribution in [0, 0.1) is 0 Å².